The number of carboxylic acids is 1. The van der Waals surface area contributed by atoms with Gasteiger partial charge in [-0.2, -0.15) is 0 Å². The zero-order chi connectivity index (χ0) is 24.4. The fraction of sp³-hybridized carbons (Fsp3) is 0.579. The molecule has 0 bridgehead atoms. The van der Waals surface area contributed by atoms with Gasteiger partial charge in [0.05, 0.1) is 18.8 Å². The lowest BCUT2D eigenvalue weighted by Crippen LogP contribution is -2.59. The summed E-state index contributed by atoms with van der Waals surface area (Å²) in [5, 5.41) is 16.6. The number of aromatic amines is 1. The lowest BCUT2D eigenvalue weighted by Gasteiger charge is -2.27. The van der Waals surface area contributed by atoms with Gasteiger partial charge >= 0.3 is 5.97 Å². The first-order chi connectivity index (χ1) is 15.0. The zero-order valence-electron chi connectivity index (χ0n) is 18.3. The van der Waals surface area contributed by atoms with Crippen LogP contribution in [0.4, 0.5) is 0 Å². The molecule has 0 aliphatic heterocycles. The van der Waals surface area contributed by atoms with Gasteiger partial charge in [0.15, 0.2) is 0 Å². The number of primary amides is 1. The van der Waals surface area contributed by atoms with Crippen molar-refractivity contribution in [3.05, 3.63) is 18.2 Å². The second kappa shape index (κ2) is 12.4. The average molecular weight is 454 g/mol. The van der Waals surface area contributed by atoms with E-state index in [1.54, 1.807) is 6.92 Å². The van der Waals surface area contributed by atoms with Crippen LogP contribution in [0.1, 0.15) is 39.3 Å². The van der Waals surface area contributed by atoms with Crippen LogP contribution in [0.15, 0.2) is 12.5 Å². The number of H-pyrrole nitrogens is 1. The largest absolute Gasteiger partial charge is 0.480 e. The molecule has 1 aromatic rings. The second-order valence-electron chi connectivity index (χ2n) is 7.57. The van der Waals surface area contributed by atoms with Crippen molar-refractivity contribution < 1.29 is 29.1 Å². The van der Waals surface area contributed by atoms with Crippen molar-refractivity contribution in [3.63, 3.8) is 0 Å². The maximum absolute atomic E-state index is 12.8. The van der Waals surface area contributed by atoms with Crippen LogP contribution in [-0.2, 0) is 30.4 Å². The molecule has 0 aliphatic carbocycles. The number of rotatable bonds is 13. The minimum atomic E-state index is -1.44. The van der Waals surface area contributed by atoms with Crippen molar-refractivity contribution in [1.29, 1.82) is 0 Å². The first kappa shape index (κ1) is 26.6. The number of hydrogen-bond donors (Lipinski definition) is 7. The number of imidazole rings is 1. The van der Waals surface area contributed by atoms with Gasteiger partial charge in [-0.05, 0) is 12.8 Å². The maximum atomic E-state index is 12.8. The molecule has 0 saturated carbocycles. The highest BCUT2D eigenvalue weighted by molar-refractivity contribution is 5.96. The monoisotopic (exact) mass is 453 g/mol. The van der Waals surface area contributed by atoms with Gasteiger partial charge in [-0.25, -0.2) is 9.78 Å². The molecule has 0 saturated heterocycles. The number of carbonyl (C=O) groups is 5. The molecule has 32 heavy (non-hydrogen) atoms. The molecule has 1 rings (SSSR count). The van der Waals surface area contributed by atoms with Crippen LogP contribution >= 0.6 is 0 Å². The fourth-order valence-corrected chi connectivity index (χ4v) is 2.75. The number of carboxylic acid groups (broad SMARTS) is 1. The molecule has 1 heterocycles. The van der Waals surface area contributed by atoms with Gasteiger partial charge in [0.25, 0.3) is 0 Å². The lowest BCUT2D eigenvalue weighted by molar-refractivity contribution is -0.142. The summed E-state index contributed by atoms with van der Waals surface area (Å²) in [6.45, 7) is 4.99. The Balaban J connectivity index is 2.99. The summed E-state index contributed by atoms with van der Waals surface area (Å²) in [7, 11) is 0. The molecule has 0 radical (unpaired) electrons. The van der Waals surface area contributed by atoms with Gasteiger partial charge in [0, 0.05) is 18.3 Å². The van der Waals surface area contributed by atoms with Gasteiger partial charge in [0.1, 0.15) is 18.1 Å². The van der Waals surface area contributed by atoms with Crippen LogP contribution < -0.4 is 27.4 Å². The summed E-state index contributed by atoms with van der Waals surface area (Å²) in [4.78, 5) is 67.1. The Morgan fingerprint density at radius 3 is 2.16 bits per heavy atom. The van der Waals surface area contributed by atoms with Gasteiger partial charge in [-0.3, -0.25) is 19.2 Å². The number of nitrogens with one attached hydrogen (secondary N) is 4. The number of carbonyl (C=O) groups excluding carboxylic acids is 4. The van der Waals surface area contributed by atoms with E-state index in [1.807, 2.05) is 6.92 Å². The molecule has 0 fully saturated rings. The maximum Gasteiger partial charge on any atom is 0.326 e. The smallest absolute Gasteiger partial charge is 0.326 e. The van der Waals surface area contributed by atoms with Crippen molar-refractivity contribution in [3.8, 4) is 0 Å². The predicted molar refractivity (Wildman–Crippen MR) is 113 cm³/mol. The first-order valence-corrected chi connectivity index (χ1v) is 10.1. The van der Waals surface area contributed by atoms with E-state index in [9.17, 15) is 29.1 Å². The summed E-state index contributed by atoms with van der Waals surface area (Å²) < 4.78 is 0. The summed E-state index contributed by atoms with van der Waals surface area (Å²) in [5.74, 6) is -4.72. The minimum Gasteiger partial charge on any atom is -0.480 e. The van der Waals surface area contributed by atoms with E-state index in [0.29, 0.717) is 12.1 Å². The van der Waals surface area contributed by atoms with Crippen molar-refractivity contribution in [1.82, 2.24) is 25.9 Å². The molecule has 0 spiro atoms. The molecular weight excluding hydrogens is 422 g/mol. The molecule has 5 atom stereocenters. The highest BCUT2D eigenvalue weighted by Crippen LogP contribution is 2.09. The topological polar surface area (TPSA) is 222 Å². The highest BCUT2D eigenvalue weighted by Gasteiger charge is 2.32. The molecule has 5 unspecified atom stereocenters. The Hall–Kier alpha value is -3.48. The third kappa shape index (κ3) is 8.34. The van der Waals surface area contributed by atoms with Gasteiger partial charge in [-0.15, -0.1) is 0 Å². The van der Waals surface area contributed by atoms with E-state index in [-0.39, 0.29) is 12.3 Å². The van der Waals surface area contributed by atoms with Crippen LogP contribution in [0.25, 0.3) is 0 Å². The molecule has 13 nitrogen and oxygen atoms in total. The van der Waals surface area contributed by atoms with Crippen molar-refractivity contribution in [2.45, 2.75) is 64.2 Å². The summed E-state index contributed by atoms with van der Waals surface area (Å²) in [5.41, 5.74) is 11.2. The lowest BCUT2D eigenvalue weighted by atomic mass is 9.97. The van der Waals surface area contributed by atoms with E-state index >= 15 is 0 Å². The fourth-order valence-electron chi connectivity index (χ4n) is 2.75. The Bertz CT molecular complexity index is 811. The molecular formula is C19H31N7O6. The zero-order valence-corrected chi connectivity index (χ0v) is 18.3. The number of nitrogens with two attached hydrogens (primary N) is 2. The van der Waals surface area contributed by atoms with E-state index < -0.39 is 60.2 Å². The Labute approximate surface area is 185 Å². The Morgan fingerprint density at radius 2 is 1.69 bits per heavy atom. The number of aromatic nitrogens is 2. The van der Waals surface area contributed by atoms with Crippen LogP contribution in [0.5, 0.6) is 0 Å². The molecule has 13 heteroatoms. The Kier molecular flexibility index (Phi) is 10.3. The molecule has 9 N–H and O–H groups in total. The first-order valence-electron chi connectivity index (χ1n) is 10.1. The van der Waals surface area contributed by atoms with E-state index in [1.165, 1.54) is 19.4 Å². The van der Waals surface area contributed by atoms with Gasteiger partial charge in [-0.1, -0.05) is 20.3 Å². The molecule has 1 aromatic heterocycles. The van der Waals surface area contributed by atoms with Crippen LogP contribution in [0.3, 0.4) is 0 Å². The van der Waals surface area contributed by atoms with Crippen molar-refractivity contribution in [2.24, 2.45) is 17.4 Å². The normalized spacial score (nSPS) is 15.5. The van der Waals surface area contributed by atoms with E-state index in [2.05, 4.69) is 25.9 Å². The van der Waals surface area contributed by atoms with Crippen LogP contribution in [-0.4, -0.2) is 68.8 Å². The minimum absolute atomic E-state index is 0.0990. The summed E-state index contributed by atoms with van der Waals surface area (Å²) in [6, 6.07) is -4.68. The SMILES string of the molecule is CCC(C)C(NC(=O)C(C)N)C(=O)NC(CC(N)=O)C(=O)NC(Cc1cnc[nH]1)C(=O)O. The molecule has 4 amide bonds. The second-order valence-corrected chi connectivity index (χ2v) is 7.57. The van der Waals surface area contributed by atoms with Gasteiger partial charge in [0.2, 0.25) is 23.6 Å². The van der Waals surface area contributed by atoms with Gasteiger partial charge < -0.3 is 37.5 Å². The standard InChI is InChI=1S/C19H31N7O6/c1-4-9(2)15(26-16(28)10(3)20)18(30)24-12(6-14(21)27)17(29)25-13(19(31)32)5-11-7-22-8-23-11/h7-10,12-13,15H,4-6,20H2,1-3H3,(H2,21,27)(H,22,23)(H,24,30)(H,25,29)(H,26,28)(H,31,32). The predicted octanol–water partition coefficient (Wildman–Crippen LogP) is -2.24. The number of amides is 4. The summed E-state index contributed by atoms with van der Waals surface area (Å²) in [6.07, 6.45) is 2.62. The summed E-state index contributed by atoms with van der Waals surface area (Å²) >= 11 is 0. The highest BCUT2D eigenvalue weighted by atomic mass is 16.4. The molecule has 0 aromatic carbocycles. The van der Waals surface area contributed by atoms with Crippen LogP contribution in [0, 0.1) is 5.92 Å². The van der Waals surface area contributed by atoms with Crippen molar-refractivity contribution >= 4 is 29.6 Å². The number of nitrogens with zero attached hydrogens (tertiary/aromatic N) is 1. The Morgan fingerprint density at radius 1 is 1.06 bits per heavy atom. The van der Waals surface area contributed by atoms with E-state index in [4.69, 9.17) is 11.5 Å². The number of aliphatic carboxylic acids is 1. The van der Waals surface area contributed by atoms with Crippen molar-refractivity contribution in [2.75, 3.05) is 0 Å². The average Bonchev–Trinajstić information content (AvgIpc) is 3.22. The quantitative estimate of drug-likeness (QED) is 0.172. The third-order valence-electron chi connectivity index (χ3n) is 4.84. The van der Waals surface area contributed by atoms with Crippen LogP contribution in [0.2, 0.25) is 0 Å². The molecule has 178 valence electrons. The number of hydrogen-bond acceptors (Lipinski definition) is 7. The molecule has 0 aliphatic rings. The third-order valence-corrected chi connectivity index (χ3v) is 4.84. The van der Waals surface area contributed by atoms with E-state index in [0.717, 1.165) is 0 Å².